The maximum Gasteiger partial charge on any atom is 0.164 e. The molecule has 3 nitrogen and oxygen atoms in total. The van der Waals surface area contributed by atoms with Crippen molar-refractivity contribution in [3.8, 4) is 56.4 Å². The van der Waals surface area contributed by atoms with Gasteiger partial charge in [0.15, 0.2) is 17.5 Å². The van der Waals surface area contributed by atoms with Crippen LogP contribution in [0.5, 0.6) is 0 Å². The molecule has 0 N–H and O–H groups in total. The highest BCUT2D eigenvalue weighted by atomic mass is 32.2. The summed E-state index contributed by atoms with van der Waals surface area (Å²) in [5, 5.41) is 0. The molecule has 1 aliphatic carbocycles. The van der Waals surface area contributed by atoms with Gasteiger partial charge in [0, 0.05) is 26.5 Å². The molecule has 0 bridgehead atoms. The zero-order valence-electron chi connectivity index (χ0n) is 27.9. The van der Waals surface area contributed by atoms with Crippen molar-refractivity contribution in [1.29, 1.82) is 0 Å². The predicted molar refractivity (Wildman–Crippen MR) is 208 cm³/mol. The van der Waals surface area contributed by atoms with Crippen LogP contribution in [0.4, 0.5) is 0 Å². The maximum atomic E-state index is 5.19. The predicted octanol–water partition coefficient (Wildman–Crippen LogP) is 11.7. The third-order valence-electron chi connectivity index (χ3n) is 10.3. The van der Waals surface area contributed by atoms with Gasteiger partial charge in [0.05, 0.1) is 5.41 Å². The molecule has 51 heavy (non-hydrogen) atoms. The van der Waals surface area contributed by atoms with E-state index in [0.29, 0.717) is 17.5 Å². The molecule has 1 aliphatic heterocycles. The Morgan fingerprint density at radius 1 is 0.373 bits per heavy atom. The van der Waals surface area contributed by atoms with E-state index in [1.165, 1.54) is 54.3 Å². The van der Waals surface area contributed by atoms with Crippen molar-refractivity contribution >= 4 is 11.8 Å². The molecule has 10 rings (SSSR count). The van der Waals surface area contributed by atoms with Crippen LogP contribution in [-0.2, 0) is 5.41 Å². The van der Waals surface area contributed by atoms with E-state index in [1.54, 1.807) is 0 Å². The Kier molecular flexibility index (Phi) is 6.87. The van der Waals surface area contributed by atoms with Gasteiger partial charge < -0.3 is 0 Å². The minimum absolute atomic E-state index is 0.468. The number of hydrogen-bond acceptors (Lipinski definition) is 4. The van der Waals surface area contributed by atoms with Crippen LogP contribution in [0.15, 0.2) is 180 Å². The molecule has 0 radical (unpaired) electrons. The summed E-state index contributed by atoms with van der Waals surface area (Å²) in [4.78, 5) is 17.9. The zero-order chi connectivity index (χ0) is 33.9. The quantitative estimate of drug-likeness (QED) is 0.187. The van der Waals surface area contributed by atoms with Crippen LogP contribution in [0.25, 0.3) is 56.4 Å². The Hall–Kier alpha value is -6.10. The van der Waals surface area contributed by atoms with Crippen molar-refractivity contribution in [2.24, 2.45) is 0 Å². The van der Waals surface area contributed by atoms with E-state index in [4.69, 9.17) is 15.0 Å². The second kappa shape index (κ2) is 11.8. The number of aryl methyl sites for hydroxylation is 1. The van der Waals surface area contributed by atoms with Gasteiger partial charge in [0.25, 0.3) is 0 Å². The molecule has 2 aliphatic rings. The Bertz CT molecular complexity index is 2580. The van der Waals surface area contributed by atoms with Gasteiger partial charge in [0.2, 0.25) is 0 Å². The van der Waals surface area contributed by atoms with Crippen molar-refractivity contribution < 1.29 is 0 Å². The van der Waals surface area contributed by atoms with Gasteiger partial charge in [-0.15, -0.1) is 0 Å². The van der Waals surface area contributed by atoms with Crippen LogP contribution in [0.3, 0.4) is 0 Å². The van der Waals surface area contributed by atoms with Crippen molar-refractivity contribution in [1.82, 2.24) is 15.0 Å². The van der Waals surface area contributed by atoms with Crippen LogP contribution in [0.2, 0.25) is 0 Å². The molecule has 240 valence electrons. The first-order valence-electron chi connectivity index (χ1n) is 17.3. The summed E-state index contributed by atoms with van der Waals surface area (Å²) < 4.78 is 0. The summed E-state index contributed by atoms with van der Waals surface area (Å²) in [7, 11) is 0. The molecule has 2 heterocycles. The van der Waals surface area contributed by atoms with Gasteiger partial charge in [-0.05, 0) is 69.6 Å². The Morgan fingerprint density at radius 3 is 1.57 bits per heavy atom. The third-order valence-corrected chi connectivity index (χ3v) is 11.4. The summed E-state index contributed by atoms with van der Waals surface area (Å²) in [5.41, 5.74) is 13.7. The topological polar surface area (TPSA) is 38.7 Å². The summed E-state index contributed by atoms with van der Waals surface area (Å²) in [6.45, 7) is 2.12. The van der Waals surface area contributed by atoms with Gasteiger partial charge in [-0.2, -0.15) is 0 Å². The van der Waals surface area contributed by atoms with Crippen LogP contribution in [0, 0.1) is 6.92 Å². The monoisotopic (exact) mass is 669 g/mol. The molecule has 0 amide bonds. The molecule has 0 saturated carbocycles. The third kappa shape index (κ3) is 4.71. The molecule has 1 spiro atoms. The lowest BCUT2D eigenvalue weighted by molar-refractivity contribution is 0.722. The lowest BCUT2D eigenvalue weighted by Gasteiger charge is -2.39. The van der Waals surface area contributed by atoms with Gasteiger partial charge in [-0.25, -0.2) is 15.0 Å². The first kappa shape index (κ1) is 29.8. The molecule has 4 heteroatoms. The Labute approximate surface area is 301 Å². The van der Waals surface area contributed by atoms with Crippen molar-refractivity contribution in [2.75, 3.05) is 0 Å². The van der Waals surface area contributed by atoms with Gasteiger partial charge in [0.1, 0.15) is 0 Å². The maximum absolute atomic E-state index is 5.19. The second-order valence-corrected chi connectivity index (χ2v) is 14.4. The van der Waals surface area contributed by atoms with Crippen molar-refractivity contribution in [3.05, 3.63) is 198 Å². The Morgan fingerprint density at radius 2 is 0.882 bits per heavy atom. The molecule has 0 atom stereocenters. The molecular weight excluding hydrogens is 639 g/mol. The minimum Gasteiger partial charge on any atom is -0.208 e. The van der Waals surface area contributed by atoms with Crippen molar-refractivity contribution in [3.63, 3.8) is 0 Å². The largest absolute Gasteiger partial charge is 0.208 e. The Balaban J connectivity index is 1.18. The first-order chi connectivity index (χ1) is 25.2. The highest BCUT2D eigenvalue weighted by Gasteiger charge is 2.50. The standard InChI is InChI=1S/C47H31N3S/c1-30-12-11-15-34(28-30)31-22-24-33(25-23-31)45-48-44(32-13-3-2-4-14-32)49-46(50-45)35-26-27-37-36-16-5-6-17-38(36)47(41(37)29-35)39-18-7-9-20-42(39)51-43-21-10-8-19-40(43)47/h2-29H,1H3. The fourth-order valence-electron chi connectivity index (χ4n) is 7.98. The normalized spacial score (nSPS) is 13.3. The van der Waals surface area contributed by atoms with E-state index in [1.807, 2.05) is 30.0 Å². The molecule has 0 unspecified atom stereocenters. The van der Waals surface area contributed by atoms with E-state index >= 15 is 0 Å². The molecule has 1 aromatic heterocycles. The van der Waals surface area contributed by atoms with E-state index < -0.39 is 5.41 Å². The highest BCUT2D eigenvalue weighted by Crippen LogP contribution is 2.62. The van der Waals surface area contributed by atoms with Crippen LogP contribution >= 0.6 is 11.8 Å². The molecule has 7 aromatic carbocycles. The second-order valence-electron chi connectivity index (χ2n) is 13.3. The molecule has 0 saturated heterocycles. The summed E-state index contributed by atoms with van der Waals surface area (Å²) in [6.07, 6.45) is 0. The van der Waals surface area contributed by atoms with Gasteiger partial charge in [-0.1, -0.05) is 169 Å². The summed E-state index contributed by atoms with van der Waals surface area (Å²) in [6, 6.07) is 60.8. The lowest BCUT2D eigenvalue weighted by Crippen LogP contribution is -2.31. The van der Waals surface area contributed by atoms with Gasteiger partial charge in [-0.3, -0.25) is 0 Å². The number of fused-ring (bicyclic) bond motifs is 9. The molecule has 0 fully saturated rings. The lowest BCUT2D eigenvalue weighted by atomic mass is 9.67. The number of nitrogens with zero attached hydrogens (tertiary/aromatic N) is 3. The zero-order valence-corrected chi connectivity index (χ0v) is 28.7. The number of rotatable bonds is 4. The number of hydrogen-bond donors (Lipinski definition) is 0. The van der Waals surface area contributed by atoms with Gasteiger partial charge >= 0.3 is 0 Å². The average molecular weight is 670 g/mol. The number of benzene rings is 7. The number of aromatic nitrogens is 3. The smallest absolute Gasteiger partial charge is 0.164 e. The van der Waals surface area contributed by atoms with E-state index in [2.05, 4.69) is 159 Å². The van der Waals surface area contributed by atoms with E-state index in [9.17, 15) is 0 Å². The van der Waals surface area contributed by atoms with E-state index in [0.717, 1.165) is 22.3 Å². The average Bonchev–Trinajstić information content (AvgIpc) is 3.48. The van der Waals surface area contributed by atoms with Crippen molar-refractivity contribution in [2.45, 2.75) is 22.1 Å². The fraction of sp³-hybridized carbons (Fsp3) is 0.0426. The van der Waals surface area contributed by atoms with Crippen LogP contribution in [0.1, 0.15) is 27.8 Å². The molecule has 8 aromatic rings. The first-order valence-corrected chi connectivity index (χ1v) is 18.1. The molecular formula is C47H31N3S. The highest BCUT2D eigenvalue weighted by molar-refractivity contribution is 7.99. The summed E-state index contributed by atoms with van der Waals surface area (Å²) >= 11 is 1.86. The van der Waals surface area contributed by atoms with Crippen LogP contribution < -0.4 is 0 Å². The fourth-order valence-corrected chi connectivity index (χ4v) is 9.17. The SMILES string of the molecule is Cc1cccc(-c2ccc(-c3nc(-c4ccccc4)nc(-c4ccc5c(c4)C4(c6ccccc6Sc6ccccc64)c4ccccc4-5)n3)cc2)c1. The van der Waals surface area contributed by atoms with Crippen LogP contribution in [-0.4, -0.2) is 15.0 Å². The summed E-state index contributed by atoms with van der Waals surface area (Å²) in [5.74, 6) is 1.96. The minimum atomic E-state index is -0.468. The van der Waals surface area contributed by atoms with E-state index in [-0.39, 0.29) is 0 Å².